The molecule has 19 heteroatoms. The van der Waals surface area contributed by atoms with E-state index in [0.717, 1.165) is 102 Å². The van der Waals surface area contributed by atoms with Crippen LogP contribution in [0.15, 0.2) is 0 Å². The topological polar surface area (TPSA) is 237 Å². The highest BCUT2D eigenvalue weighted by molar-refractivity contribution is 7.47. The summed E-state index contributed by atoms with van der Waals surface area (Å²) in [6, 6.07) is 0. The fourth-order valence-corrected chi connectivity index (χ4v) is 12.5. The van der Waals surface area contributed by atoms with Gasteiger partial charge in [-0.3, -0.25) is 37.3 Å². The van der Waals surface area contributed by atoms with Crippen LogP contribution in [0.3, 0.4) is 0 Å². The molecule has 0 aliphatic carbocycles. The molecule has 540 valence electrons. The molecule has 0 aliphatic rings. The maximum absolute atomic E-state index is 13.0. The van der Waals surface area contributed by atoms with Crippen molar-refractivity contribution in [3.05, 3.63) is 0 Å². The second-order valence-corrected chi connectivity index (χ2v) is 29.6. The lowest BCUT2D eigenvalue weighted by Gasteiger charge is -2.21. The zero-order valence-corrected chi connectivity index (χ0v) is 60.9. The number of hydrogen-bond donors (Lipinski definition) is 3. The first-order chi connectivity index (χ1) is 43.9. The smallest absolute Gasteiger partial charge is 0.462 e. The number of phosphoric acid groups is 2. The monoisotopic (exact) mass is 1340 g/mol. The van der Waals surface area contributed by atoms with Gasteiger partial charge in [0.25, 0.3) is 0 Å². The summed E-state index contributed by atoms with van der Waals surface area (Å²) in [5.41, 5.74) is 0. The second kappa shape index (κ2) is 64.1. The van der Waals surface area contributed by atoms with Crippen LogP contribution in [0.5, 0.6) is 0 Å². The Balaban J connectivity index is 5.27. The number of carbonyl (C=O) groups is 4. The molecule has 0 bridgehead atoms. The van der Waals surface area contributed by atoms with Gasteiger partial charge in [0, 0.05) is 25.7 Å². The third kappa shape index (κ3) is 65.1. The number of phosphoric ester groups is 2. The number of ether oxygens (including phenoxy) is 4. The lowest BCUT2D eigenvalue weighted by Crippen LogP contribution is -2.30. The maximum Gasteiger partial charge on any atom is 0.472 e. The quantitative estimate of drug-likeness (QED) is 0.0222. The van der Waals surface area contributed by atoms with Crippen LogP contribution < -0.4 is 0 Å². The highest BCUT2D eigenvalue weighted by atomic mass is 31.2. The molecule has 0 spiro atoms. The Hall–Kier alpha value is -1.94. The van der Waals surface area contributed by atoms with Crippen molar-refractivity contribution < 1.29 is 80.2 Å². The first-order valence-corrected chi connectivity index (χ1v) is 40.5. The lowest BCUT2D eigenvalue weighted by molar-refractivity contribution is -0.161. The van der Waals surface area contributed by atoms with Crippen LogP contribution in [-0.2, 0) is 65.4 Å². The Morgan fingerprint density at radius 2 is 0.560 bits per heavy atom. The van der Waals surface area contributed by atoms with Crippen molar-refractivity contribution in [3.63, 3.8) is 0 Å². The number of rotatable bonds is 71. The molecule has 3 N–H and O–H groups in total. The van der Waals surface area contributed by atoms with Crippen LogP contribution in [0.2, 0.25) is 0 Å². The molecular formula is C72H140O17P2. The van der Waals surface area contributed by atoms with E-state index in [-0.39, 0.29) is 25.7 Å². The Kier molecular flexibility index (Phi) is 62.7. The Morgan fingerprint density at radius 1 is 0.319 bits per heavy atom. The molecule has 0 aromatic heterocycles. The standard InChI is InChI=1S/C72H140O17P2/c1-7-10-12-14-16-18-20-22-24-26-30-38-44-50-56-71(76)88-67(60-82-69(74)54-48-42-36-29-25-23-21-19-17-15-13-11-8-2)62-86-90(78,79)84-58-66(73)59-85-91(80,81)87-63-68(89-72(77)57-51-45-39-31-27-28-34-40-46-52-64(4)5)61-83-70(75)55-49-43-37-33-32-35-41-47-53-65(6)9-3/h64-68,73H,7-63H2,1-6H3,(H,78,79)(H,80,81)/t65?,66-,67-,68-/m1/s1. The van der Waals surface area contributed by atoms with Gasteiger partial charge >= 0.3 is 39.5 Å². The highest BCUT2D eigenvalue weighted by Crippen LogP contribution is 2.45. The molecule has 0 rings (SSSR count). The van der Waals surface area contributed by atoms with E-state index in [9.17, 15) is 43.2 Å². The fourth-order valence-electron chi connectivity index (χ4n) is 10.9. The zero-order valence-electron chi connectivity index (χ0n) is 59.1. The van der Waals surface area contributed by atoms with Gasteiger partial charge in [0.05, 0.1) is 26.4 Å². The average molecular weight is 1340 g/mol. The Bertz CT molecular complexity index is 1770. The van der Waals surface area contributed by atoms with Gasteiger partial charge in [0.2, 0.25) is 0 Å². The van der Waals surface area contributed by atoms with E-state index in [0.29, 0.717) is 25.7 Å². The summed E-state index contributed by atoms with van der Waals surface area (Å²) in [6.07, 6.45) is 49.8. The fraction of sp³-hybridized carbons (Fsp3) is 0.944. The predicted octanol–water partition coefficient (Wildman–Crippen LogP) is 20.8. The van der Waals surface area contributed by atoms with Gasteiger partial charge in [0.1, 0.15) is 19.3 Å². The number of esters is 4. The van der Waals surface area contributed by atoms with Gasteiger partial charge in [-0.05, 0) is 37.5 Å². The van der Waals surface area contributed by atoms with Gasteiger partial charge in [-0.1, -0.05) is 318 Å². The molecule has 3 unspecified atom stereocenters. The molecule has 6 atom stereocenters. The van der Waals surface area contributed by atoms with E-state index in [1.165, 1.54) is 186 Å². The summed E-state index contributed by atoms with van der Waals surface area (Å²) in [7, 11) is -9.90. The molecule has 0 amide bonds. The summed E-state index contributed by atoms with van der Waals surface area (Å²) in [5, 5.41) is 10.6. The van der Waals surface area contributed by atoms with Crippen LogP contribution in [0.4, 0.5) is 0 Å². The summed E-state index contributed by atoms with van der Waals surface area (Å²) in [6.45, 7) is 9.55. The average Bonchev–Trinajstić information content (AvgIpc) is 3.70. The third-order valence-electron chi connectivity index (χ3n) is 17.1. The molecule has 0 aromatic rings. The molecule has 0 heterocycles. The van der Waals surface area contributed by atoms with Gasteiger partial charge in [-0.15, -0.1) is 0 Å². The van der Waals surface area contributed by atoms with Crippen molar-refractivity contribution in [2.24, 2.45) is 11.8 Å². The summed E-state index contributed by atoms with van der Waals surface area (Å²) in [5.74, 6) is -0.606. The van der Waals surface area contributed by atoms with Gasteiger partial charge in [-0.2, -0.15) is 0 Å². The molecule has 17 nitrogen and oxygen atoms in total. The minimum Gasteiger partial charge on any atom is -0.462 e. The van der Waals surface area contributed by atoms with Gasteiger partial charge in [0.15, 0.2) is 12.2 Å². The Morgan fingerprint density at radius 3 is 0.835 bits per heavy atom. The molecule has 0 saturated heterocycles. The number of unbranched alkanes of at least 4 members (excludes halogenated alkanes) is 40. The first kappa shape index (κ1) is 89.1. The first-order valence-electron chi connectivity index (χ1n) is 37.5. The molecule has 0 saturated carbocycles. The minimum absolute atomic E-state index is 0.105. The van der Waals surface area contributed by atoms with E-state index in [1.807, 2.05) is 0 Å². The lowest BCUT2D eigenvalue weighted by atomic mass is 9.99. The van der Waals surface area contributed by atoms with E-state index >= 15 is 0 Å². The molecule has 0 aliphatic heterocycles. The molecule has 0 fully saturated rings. The number of carbonyl (C=O) groups excluding carboxylic acids is 4. The summed E-state index contributed by atoms with van der Waals surface area (Å²) in [4.78, 5) is 72.7. The van der Waals surface area contributed by atoms with E-state index in [4.69, 9.17) is 37.0 Å². The van der Waals surface area contributed by atoms with Crippen molar-refractivity contribution in [1.29, 1.82) is 0 Å². The maximum atomic E-state index is 13.0. The normalized spacial score (nSPS) is 14.4. The van der Waals surface area contributed by atoms with Crippen molar-refractivity contribution >= 4 is 39.5 Å². The third-order valence-corrected chi connectivity index (χ3v) is 19.0. The van der Waals surface area contributed by atoms with Crippen LogP contribution in [-0.4, -0.2) is 96.7 Å². The van der Waals surface area contributed by atoms with Crippen molar-refractivity contribution in [3.8, 4) is 0 Å². The number of aliphatic hydroxyl groups excluding tert-OH is 1. The van der Waals surface area contributed by atoms with Crippen molar-refractivity contribution in [2.75, 3.05) is 39.6 Å². The second-order valence-electron chi connectivity index (χ2n) is 26.7. The largest absolute Gasteiger partial charge is 0.472 e. The van der Waals surface area contributed by atoms with Gasteiger partial charge < -0.3 is 33.8 Å². The minimum atomic E-state index is -4.95. The van der Waals surface area contributed by atoms with Crippen molar-refractivity contribution in [1.82, 2.24) is 0 Å². The summed E-state index contributed by atoms with van der Waals surface area (Å²) >= 11 is 0. The van der Waals surface area contributed by atoms with E-state index < -0.39 is 97.5 Å². The molecule has 0 radical (unpaired) electrons. The number of aliphatic hydroxyl groups is 1. The Labute approximate surface area is 556 Å². The van der Waals surface area contributed by atoms with Crippen LogP contribution in [0, 0.1) is 11.8 Å². The van der Waals surface area contributed by atoms with Crippen LogP contribution in [0.1, 0.15) is 369 Å². The van der Waals surface area contributed by atoms with Crippen LogP contribution in [0.25, 0.3) is 0 Å². The number of hydrogen-bond acceptors (Lipinski definition) is 15. The predicted molar refractivity (Wildman–Crippen MR) is 368 cm³/mol. The highest BCUT2D eigenvalue weighted by Gasteiger charge is 2.30. The SMILES string of the molecule is CCCCCCCCCCCCCCCCC(=O)O[C@H](COC(=O)CCCCCCCCCCCCCCC)COP(=O)(O)OC[C@@H](O)COP(=O)(O)OC[C@@H](COC(=O)CCCCCCCCCCC(C)CC)OC(=O)CCCCCCCCCCCC(C)C. The van der Waals surface area contributed by atoms with E-state index in [2.05, 4.69) is 41.5 Å². The molecule has 91 heavy (non-hydrogen) atoms. The molecule has 0 aromatic carbocycles. The summed E-state index contributed by atoms with van der Waals surface area (Å²) < 4.78 is 68.4. The zero-order chi connectivity index (χ0) is 67.2. The van der Waals surface area contributed by atoms with E-state index in [1.54, 1.807) is 0 Å². The van der Waals surface area contributed by atoms with Gasteiger partial charge in [-0.25, -0.2) is 9.13 Å². The van der Waals surface area contributed by atoms with Crippen molar-refractivity contribution in [2.45, 2.75) is 387 Å². The van der Waals surface area contributed by atoms with Crippen LogP contribution >= 0.6 is 15.6 Å². The molecular weight excluding hydrogens is 1200 g/mol.